The zero-order chi connectivity index (χ0) is 21.3. The Bertz CT molecular complexity index is 1700. The second kappa shape index (κ2) is 6.28. The van der Waals surface area contributed by atoms with Crippen molar-refractivity contribution in [1.29, 1.82) is 0 Å². The number of rotatable bonds is 2. The molecule has 0 saturated heterocycles. The summed E-state index contributed by atoms with van der Waals surface area (Å²) in [6.45, 7) is 6.03. The Labute approximate surface area is 177 Å². The van der Waals surface area contributed by atoms with Gasteiger partial charge in [0.05, 0.1) is 5.52 Å². The third-order valence-electron chi connectivity index (χ3n) is 5.98. The molecule has 0 aliphatic carbocycles. The predicted octanol–water partition coefficient (Wildman–Crippen LogP) is 5.73. The van der Waals surface area contributed by atoms with Crippen LogP contribution in [0.25, 0.3) is 55.1 Å². The van der Waals surface area contributed by atoms with Gasteiger partial charge in [-0.05, 0) is 39.0 Å². The van der Waals surface area contributed by atoms with Gasteiger partial charge in [-0.15, -0.1) is 0 Å². The standard InChI is InChI=1S/C25H20N4O2/c1-13(2)29-25-18(12-27-29)20(16-8-4-6-15-7-5-11-26-21(15)16)24-22(28-25)17-9-10-19(30)14(3)23(17)31-24/h4-13,27H,1-3H3. The number of fused-ring (bicyclic) bond motifs is 5. The van der Waals surface area contributed by atoms with Gasteiger partial charge in [0.2, 0.25) is 0 Å². The van der Waals surface area contributed by atoms with Gasteiger partial charge in [-0.3, -0.25) is 14.5 Å². The van der Waals surface area contributed by atoms with Crippen molar-refractivity contribution in [2.45, 2.75) is 26.8 Å². The molecule has 4 aromatic heterocycles. The number of pyridine rings is 2. The molecule has 0 fully saturated rings. The lowest BCUT2D eigenvalue weighted by molar-refractivity contribution is 0.547. The maximum absolute atomic E-state index is 12.3. The Hall–Kier alpha value is -3.93. The number of hydrogen-bond donors (Lipinski definition) is 1. The number of nitrogens with one attached hydrogen (secondary N) is 1. The first kappa shape index (κ1) is 17.9. The first-order valence-corrected chi connectivity index (χ1v) is 10.3. The van der Waals surface area contributed by atoms with Crippen LogP contribution in [0.5, 0.6) is 0 Å². The number of para-hydroxylation sites is 1. The van der Waals surface area contributed by atoms with Gasteiger partial charge in [0, 0.05) is 51.3 Å². The van der Waals surface area contributed by atoms with E-state index in [-0.39, 0.29) is 11.5 Å². The van der Waals surface area contributed by atoms with Crippen molar-refractivity contribution in [2.75, 3.05) is 0 Å². The molecule has 0 atom stereocenters. The average molecular weight is 408 g/mol. The van der Waals surface area contributed by atoms with Crippen molar-refractivity contribution >= 4 is 44.0 Å². The molecule has 0 spiro atoms. The molecule has 1 N–H and O–H groups in total. The number of aromatic amines is 1. The zero-order valence-corrected chi connectivity index (χ0v) is 17.4. The first-order valence-electron chi connectivity index (χ1n) is 10.3. The molecule has 6 aromatic rings. The Balaban J connectivity index is 1.88. The van der Waals surface area contributed by atoms with Crippen molar-refractivity contribution < 1.29 is 4.42 Å². The highest BCUT2D eigenvalue weighted by Crippen LogP contribution is 2.41. The Morgan fingerprint density at radius 1 is 1.00 bits per heavy atom. The van der Waals surface area contributed by atoms with E-state index in [4.69, 9.17) is 9.40 Å². The maximum Gasteiger partial charge on any atom is 0.185 e. The molecular formula is C25H20N4O2. The van der Waals surface area contributed by atoms with Crippen LogP contribution in [0.2, 0.25) is 0 Å². The highest BCUT2D eigenvalue weighted by molar-refractivity contribution is 6.17. The molecule has 0 unspecified atom stereocenters. The largest absolute Gasteiger partial charge is 0.453 e. The van der Waals surface area contributed by atoms with Gasteiger partial charge in [0.15, 0.2) is 16.7 Å². The topological polar surface area (TPSA) is 76.7 Å². The number of H-pyrrole nitrogens is 1. The third-order valence-corrected chi connectivity index (χ3v) is 5.98. The van der Waals surface area contributed by atoms with E-state index in [2.05, 4.69) is 42.1 Å². The van der Waals surface area contributed by atoms with Gasteiger partial charge in [-0.2, -0.15) is 0 Å². The quantitative estimate of drug-likeness (QED) is 0.397. The molecule has 0 bridgehead atoms. The summed E-state index contributed by atoms with van der Waals surface area (Å²) in [6, 6.07) is 13.7. The normalized spacial score (nSPS) is 12.1. The fraction of sp³-hybridized carbons (Fsp3) is 0.160. The second-order valence-electron chi connectivity index (χ2n) is 8.19. The zero-order valence-electron chi connectivity index (χ0n) is 17.4. The molecule has 4 heterocycles. The van der Waals surface area contributed by atoms with E-state index >= 15 is 0 Å². The first-order chi connectivity index (χ1) is 15.0. The van der Waals surface area contributed by atoms with E-state index in [0.29, 0.717) is 16.7 Å². The van der Waals surface area contributed by atoms with E-state index in [1.807, 2.05) is 29.1 Å². The van der Waals surface area contributed by atoms with Crippen LogP contribution in [-0.4, -0.2) is 19.7 Å². The number of nitrogens with zero attached hydrogens (tertiary/aromatic N) is 3. The van der Waals surface area contributed by atoms with Crippen LogP contribution in [0.1, 0.15) is 25.5 Å². The summed E-state index contributed by atoms with van der Waals surface area (Å²) in [5.41, 5.74) is 6.23. The van der Waals surface area contributed by atoms with Gasteiger partial charge in [0.25, 0.3) is 0 Å². The summed E-state index contributed by atoms with van der Waals surface area (Å²) in [4.78, 5) is 21.9. The Morgan fingerprint density at radius 2 is 1.84 bits per heavy atom. The van der Waals surface area contributed by atoms with Crippen LogP contribution in [-0.2, 0) is 0 Å². The lowest BCUT2D eigenvalue weighted by Gasteiger charge is -2.11. The maximum atomic E-state index is 12.3. The SMILES string of the molecule is Cc1c(=O)ccc2c1oc1c(-c3cccc4cccnc34)c3c[nH]n(C(C)C)c3nc12. The van der Waals surface area contributed by atoms with Crippen LogP contribution in [0.3, 0.4) is 0 Å². The molecule has 0 aliphatic heterocycles. The Morgan fingerprint density at radius 3 is 2.68 bits per heavy atom. The summed E-state index contributed by atoms with van der Waals surface area (Å²) < 4.78 is 8.41. The van der Waals surface area contributed by atoms with E-state index in [1.54, 1.807) is 19.2 Å². The molecular weight excluding hydrogens is 388 g/mol. The van der Waals surface area contributed by atoms with Crippen LogP contribution >= 0.6 is 0 Å². The number of aromatic nitrogens is 4. The van der Waals surface area contributed by atoms with Crippen molar-refractivity contribution in [3.05, 3.63) is 70.6 Å². The van der Waals surface area contributed by atoms with Gasteiger partial charge in [-0.1, -0.05) is 24.3 Å². The number of furan rings is 1. The fourth-order valence-corrected chi connectivity index (χ4v) is 4.43. The molecule has 0 saturated carbocycles. The third kappa shape index (κ3) is 2.42. The summed E-state index contributed by atoms with van der Waals surface area (Å²) in [5.74, 6) is 0. The summed E-state index contributed by atoms with van der Waals surface area (Å²) in [7, 11) is 0. The minimum atomic E-state index is -0.0375. The molecule has 31 heavy (non-hydrogen) atoms. The van der Waals surface area contributed by atoms with Gasteiger partial charge in [0.1, 0.15) is 11.1 Å². The smallest absolute Gasteiger partial charge is 0.185 e. The molecule has 0 amide bonds. The molecule has 0 aliphatic rings. The number of hydrogen-bond acceptors (Lipinski definition) is 4. The number of benzene rings is 2. The molecule has 6 nitrogen and oxygen atoms in total. The predicted molar refractivity (Wildman–Crippen MR) is 123 cm³/mol. The lowest BCUT2D eigenvalue weighted by atomic mass is 9.99. The minimum absolute atomic E-state index is 0.0375. The van der Waals surface area contributed by atoms with Gasteiger partial charge >= 0.3 is 0 Å². The van der Waals surface area contributed by atoms with E-state index in [9.17, 15) is 4.79 Å². The average Bonchev–Trinajstić information content (AvgIpc) is 3.36. The summed E-state index contributed by atoms with van der Waals surface area (Å²) >= 11 is 0. The fourth-order valence-electron chi connectivity index (χ4n) is 4.43. The van der Waals surface area contributed by atoms with Crippen LogP contribution in [0, 0.1) is 6.92 Å². The van der Waals surface area contributed by atoms with Crippen molar-refractivity contribution in [3.63, 3.8) is 0 Å². The van der Waals surface area contributed by atoms with Gasteiger partial charge < -0.3 is 9.52 Å². The van der Waals surface area contributed by atoms with E-state index < -0.39 is 0 Å². The van der Waals surface area contributed by atoms with Crippen molar-refractivity contribution in [2.24, 2.45) is 0 Å². The molecule has 2 aromatic carbocycles. The molecule has 6 rings (SSSR count). The molecule has 6 heteroatoms. The highest BCUT2D eigenvalue weighted by atomic mass is 16.3. The lowest BCUT2D eigenvalue weighted by Crippen LogP contribution is -2.03. The van der Waals surface area contributed by atoms with Crippen LogP contribution in [0.15, 0.2) is 64.1 Å². The van der Waals surface area contributed by atoms with Crippen LogP contribution in [0.4, 0.5) is 0 Å². The van der Waals surface area contributed by atoms with E-state index in [0.717, 1.165) is 44.0 Å². The summed E-state index contributed by atoms with van der Waals surface area (Å²) in [5, 5.41) is 6.21. The second-order valence-corrected chi connectivity index (χ2v) is 8.19. The molecule has 0 radical (unpaired) electrons. The number of aryl methyl sites for hydroxylation is 1. The summed E-state index contributed by atoms with van der Waals surface area (Å²) in [6.07, 6.45) is 3.78. The van der Waals surface area contributed by atoms with Crippen molar-refractivity contribution in [1.82, 2.24) is 19.7 Å². The van der Waals surface area contributed by atoms with Gasteiger partial charge in [-0.25, -0.2) is 4.98 Å². The Kier molecular flexibility index (Phi) is 3.63. The molecule has 152 valence electrons. The minimum Gasteiger partial charge on any atom is -0.453 e. The highest BCUT2D eigenvalue weighted by Gasteiger charge is 2.23. The monoisotopic (exact) mass is 408 g/mol. The van der Waals surface area contributed by atoms with E-state index in [1.165, 1.54) is 0 Å². The van der Waals surface area contributed by atoms with Crippen LogP contribution < -0.4 is 5.43 Å². The van der Waals surface area contributed by atoms with Crippen molar-refractivity contribution in [3.8, 4) is 11.1 Å².